The van der Waals surface area contributed by atoms with Crippen molar-refractivity contribution < 1.29 is 36.3 Å². The van der Waals surface area contributed by atoms with E-state index in [0.717, 1.165) is 12.1 Å². The first-order valence-corrected chi connectivity index (χ1v) is 13.0. The number of aryl methyl sites for hydroxylation is 1. The Morgan fingerprint density at radius 2 is 1.78 bits per heavy atom. The van der Waals surface area contributed by atoms with E-state index in [1.54, 1.807) is 7.05 Å². The number of amides is 1. The molecule has 0 unspecified atom stereocenters. The van der Waals surface area contributed by atoms with Crippen LogP contribution >= 0.6 is 27.5 Å². The summed E-state index contributed by atoms with van der Waals surface area (Å²) in [4.78, 5) is 38.8. The third kappa shape index (κ3) is 5.41. The minimum atomic E-state index is -4.93. The second kappa shape index (κ2) is 10.5. The maximum absolute atomic E-state index is 14.1. The van der Waals surface area contributed by atoms with E-state index < -0.39 is 40.6 Å². The van der Waals surface area contributed by atoms with Crippen molar-refractivity contribution in [3.05, 3.63) is 97.6 Å². The van der Waals surface area contributed by atoms with Gasteiger partial charge in [0.15, 0.2) is 11.6 Å². The third-order valence-electron chi connectivity index (χ3n) is 6.48. The molecule has 1 heterocycles. The highest BCUT2D eigenvalue weighted by Gasteiger charge is 2.33. The highest BCUT2D eigenvalue weighted by atomic mass is 79.9. The number of allylic oxidation sites excluding steroid dienone is 2. The van der Waals surface area contributed by atoms with Crippen molar-refractivity contribution in [2.45, 2.75) is 19.0 Å². The van der Waals surface area contributed by atoms with Crippen molar-refractivity contribution in [1.29, 1.82) is 0 Å². The predicted molar refractivity (Wildman–Crippen MR) is 145 cm³/mol. The molecule has 0 aliphatic heterocycles. The van der Waals surface area contributed by atoms with E-state index in [9.17, 15) is 36.3 Å². The van der Waals surface area contributed by atoms with Gasteiger partial charge in [-0.15, -0.1) is 0 Å². The molecule has 210 valence electrons. The van der Waals surface area contributed by atoms with E-state index in [1.807, 2.05) is 0 Å². The van der Waals surface area contributed by atoms with Crippen molar-refractivity contribution in [3.63, 3.8) is 0 Å². The van der Waals surface area contributed by atoms with Gasteiger partial charge in [-0.1, -0.05) is 11.6 Å². The number of nitrogens with zero attached hydrogens (tertiary/aromatic N) is 2. The Kier molecular flexibility index (Phi) is 7.33. The number of fused-ring (bicyclic) bond motifs is 1. The Labute approximate surface area is 241 Å². The summed E-state index contributed by atoms with van der Waals surface area (Å²) >= 11 is 9.53. The van der Waals surface area contributed by atoms with Crippen molar-refractivity contribution in [2.24, 2.45) is 7.05 Å². The Bertz CT molecular complexity index is 1830. The average Bonchev–Trinajstić information content (AvgIpc) is 3.46. The number of anilines is 1. The zero-order valence-electron chi connectivity index (χ0n) is 20.8. The van der Waals surface area contributed by atoms with E-state index in [4.69, 9.17) is 11.6 Å². The molecule has 1 aliphatic rings. The van der Waals surface area contributed by atoms with Crippen LogP contribution in [0.3, 0.4) is 0 Å². The lowest BCUT2D eigenvalue weighted by atomic mass is 9.97. The minimum Gasteiger partial charge on any atom is -0.321 e. The summed E-state index contributed by atoms with van der Waals surface area (Å²) in [6.45, 7) is 0. The molecule has 0 radical (unpaired) electrons. The Morgan fingerprint density at radius 3 is 2.44 bits per heavy atom. The van der Waals surface area contributed by atoms with Crippen LogP contribution in [0.1, 0.15) is 50.4 Å². The fourth-order valence-electron chi connectivity index (χ4n) is 4.66. The van der Waals surface area contributed by atoms with Crippen LogP contribution in [0.2, 0.25) is 5.02 Å². The lowest BCUT2D eigenvalue weighted by Crippen LogP contribution is -2.17. The molecular weight excluding hydrogens is 637 g/mol. The lowest BCUT2D eigenvalue weighted by molar-refractivity contribution is -0.137. The smallest absolute Gasteiger partial charge is 0.321 e. The number of hydrogen-bond donors (Lipinski definition) is 1. The van der Waals surface area contributed by atoms with Crippen LogP contribution in [-0.4, -0.2) is 27.3 Å². The molecule has 6 nitrogen and oxygen atoms in total. The van der Waals surface area contributed by atoms with Crippen LogP contribution in [-0.2, 0) is 18.0 Å². The Hall–Kier alpha value is -3.90. The standard InChI is InChI=1S/C28H16BrClF5N3O3/c1-38-25(12-2-4-17(39)8-12)19-11-21(36-27(41)13-6-14(28(33,34)35)9-16(32)7-13)22(23(29)24(19)37-38)26(40)18-10-15(31)3-5-20(18)30/h3,5-11H,2,4H2,1H3,(H,36,41). The summed E-state index contributed by atoms with van der Waals surface area (Å²) in [5, 5.41) is 7.16. The number of rotatable bonds is 5. The number of carbonyl (C=O) groups excluding carboxylic acids is 3. The van der Waals surface area contributed by atoms with E-state index in [0.29, 0.717) is 35.2 Å². The molecule has 5 rings (SSSR count). The second-order valence-electron chi connectivity index (χ2n) is 9.25. The molecule has 0 saturated carbocycles. The third-order valence-corrected chi connectivity index (χ3v) is 7.59. The summed E-state index contributed by atoms with van der Waals surface area (Å²) in [6.07, 6.45) is -2.77. The van der Waals surface area contributed by atoms with Crippen molar-refractivity contribution in [3.8, 4) is 0 Å². The molecule has 3 aromatic carbocycles. The molecule has 0 saturated heterocycles. The van der Waals surface area contributed by atoms with Gasteiger partial charge in [0.2, 0.25) is 0 Å². The monoisotopic (exact) mass is 651 g/mol. The van der Waals surface area contributed by atoms with Gasteiger partial charge in [-0.3, -0.25) is 19.1 Å². The van der Waals surface area contributed by atoms with Gasteiger partial charge >= 0.3 is 6.18 Å². The number of carbonyl (C=O) groups is 3. The van der Waals surface area contributed by atoms with E-state index >= 15 is 0 Å². The van der Waals surface area contributed by atoms with Crippen LogP contribution in [0.4, 0.5) is 27.6 Å². The average molecular weight is 653 g/mol. The predicted octanol–water partition coefficient (Wildman–Crippen LogP) is 7.52. The number of benzene rings is 3. The van der Waals surface area contributed by atoms with E-state index in [1.165, 1.54) is 22.9 Å². The normalized spacial score (nSPS) is 13.6. The molecule has 4 aromatic rings. The van der Waals surface area contributed by atoms with Gasteiger partial charge < -0.3 is 5.32 Å². The number of hydrogen-bond acceptors (Lipinski definition) is 4. The number of ketones is 2. The van der Waals surface area contributed by atoms with Gasteiger partial charge in [-0.25, -0.2) is 8.78 Å². The molecule has 1 aliphatic carbocycles. The quantitative estimate of drug-likeness (QED) is 0.179. The molecule has 0 fully saturated rings. The molecular formula is C28H16BrClF5N3O3. The van der Waals surface area contributed by atoms with Crippen LogP contribution < -0.4 is 5.32 Å². The minimum absolute atomic E-state index is 0.0672. The Balaban J connectivity index is 1.72. The van der Waals surface area contributed by atoms with Crippen molar-refractivity contribution >= 4 is 67.2 Å². The largest absolute Gasteiger partial charge is 0.416 e. The molecule has 0 atom stereocenters. The maximum Gasteiger partial charge on any atom is 0.416 e. The molecule has 13 heteroatoms. The Morgan fingerprint density at radius 1 is 1.05 bits per heavy atom. The van der Waals surface area contributed by atoms with Crippen molar-refractivity contribution in [2.75, 3.05) is 5.32 Å². The van der Waals surface area contributed by atoms with Gasteiger partial charge in [0.05, 0.1) is 32.0 Å². The molecule has 1 N–H and O–H groups in total. The van der Waals surface area contributed by atoms with Crippen LogP contribution in [0.25, 0.3) is 16.5 Å². The highest BCUT2D eigenvalue weighted by molar-refractivity contribution is 9.10. The molecule has 1 amide bonds. The summed E-state index contributed by atoms with van der Waals surface area (Å²) in [5.74, 6) is -4.14. The first kappa shape index (κ1) is 28.6. The van der Waals surface area contributed by atoms with Crippen LogP contribution in [0.15, 0.2) is 53.0 Å². The number of aromatic nitrogens is 2. The highest BCUT2D eigenvalue weighted by Crippen LogP contribution is 2.40. The second-order valence-corrected chi connectivity index (χ2v) is 10.5. The molecule has 0 bridgehead atoms. The number of alkyl halides is 3. The SMILES string of the molecule is Cn1nc2c(Br)c(C(=O)c3cc(F)ccc3Cl)c(NC(=O)c3cc(F)cc(C(F)(F)F)c3)cc2c1C1=CC(=O)CC1. The van der Waals surface area contributed by atoms with Gasteiger partial charge in [-0.2, -0.15) is 18.3 Å². The summed E-state index contributed by atoms with van der Waals surface area (Å²) < 4.78 is 69.5. The van der Waals surface area contributed by atoms with Gasteiger partial charge in [0.25, 0.3) is 5.91 Å². The summed E-state index contributed by atoms with van der Waals surface area (Å²) in [5.41, 5.74) is -1.31. The zero-order chi connectivity index (χ0) is 29.8. The first-order chi connectivity index (χ1) is 19.2. The topological polar surface area (TPSA) is 81.1 Å². The molecule has 0 spiro atoms. The molecule has 41 heavy (non-hydrogen) atoms. The van der Waals surface area contributed by atoms with Crippen LogP contribution in [0.5, 0.6) is 0 Å². The fourth-order valence-corrected chi connectivity index (χ4v) is 5.55. The van der Waals surface area contributed by atoms with Gasteiger partial charge in [-0.05, 0) is 76.5 Å². The first-order valence-electron chi connectivity index (χ1n) is 11.9. The zero-order valence-corrected chi connectivity index (χ0v) is 23.1. The van der Waals surface area contributed by atoms with Crippen molar-refractivity contribution in [1.82, 2.24) is 9.78 Å². The molecule has 1 aromatic heterocycles. The van der Waals surface area contributed by atoms with Gasteiger partial charge in [0, 0.05) is 30.0 Å². The number of nitrogens with one attached hydrogen (secondary N) is 1. The summed E-state index contributed by atoms with van der Waals surface area (Å²) in [7, 11) is 1.61. The number of halogens is 7. The van der Waals surface area contributed by atoms with Crippen LogP contribution in [0, 0.1) is 11.6 Å². The van der Waals surface area contributed by atoms with Gasteiger partial charge in [0.1, 0.15) is 17.2 Å². The lowest BCUT2D eigenvalue weighted by Gasteiger charge is -2.15. The summed E-state index contributed by atoms with van der Waals surface area (Å²) in [6, 6.07) is 5.82. The fraction of sp³-hybridized carbons (Fsp3) is 0.143. The maximum atomic E-state index is 14.1. The van der Waals surface area contributed by atoms with E-state index in [2.05, 4.69) is 26.3 Å². The van der Waals surface area contributed by atoms with E-state index in [-0.39, 0.29) is 50.1 Å².